The molecule has 0 heterocycles. The fourth-order valence-corrected chi connectivity index (χ4v) is 3.21. The van der Waals surface area contributed by atoms with Gasteiger partial charge in [-0.1, -0.05) is 29.3 Å². The van der Waals surface area contributed by atoms with Crippen LogP contribution in [0.2, 0.25) is 0 Å². The number of ether oxygens (including phenoxy) is 3. The summed E-state index contributed by atoms with van der Waals surface area (Å²) >= 11 is 3.62. The molecule has 0 atom stereocenters. The van der Waals surface area contributed by atoms with E-state index in [0.29, 0.717) is 26.4 Å². The van der Waals surface area contributed by atoms with Crippen molar-refractivity contribution in [3.05, 3.63) is 0 Å². The Morgan fingerprint density at radius 1 is 1.11 bits per heavy atom. The summed E-state index contributed by atoms with van der Waals surface area (Å²) < 4.78 is 16.4. The summed E-state index contributed by atoms with van der Waals surface area (Å²) in [6, 6.07) is 0. The highest BCUT2D eigenvalue weighted by Crippen LogP contribution is 2.37. The molecule has 1 fully saturated rings. The lowest BCUT2D eigenvalue weighted by Gasteiger charge is -2.38. The Balaban J connectivity index is 2.17. The second-order valence-corrected chi connectivity index (χ2v) is 5.68. The van der Waals surface area contributed by atoms with Crippen LogP contribution in [0, 0.1) is 5.92 Å². The molecule has 1 aliphatic rings. The Bertz CT molecular complexity index is 203. The third-order valence-corrected chi connectivity index (χ3v) is 4.93. The first-order chi connectivity index (χ1) is 8.76. The van der Waals surface area contributed by atoms with Crippen molar-refractivity contribution in [3.8, 4) is 0 Å². The van der Waals surface area contributed by atoms with Crippen molar-refractivity contribution in [1.82, 2.24) is 0 Å². The SMILES string of the molecule is CCC1CCC(CBr)(OCCOCCOC)CC1. The first kappa shape index (κ1) is 16.4. The molecule has 108 valence electrons. The zero-order valence-electron chi connectivity index (χ0n) is 11.8. The summed E-state index contributed by atoms with van der Waals surface area (Å²) in [7, 11) is 1.69. The van der Waals surface area contributed by atoms with E-state index >= 15 is 0 Å². The van der Waals surface area contributed by atoms with Crippen LogP contribution in [0.5, 0.6) is 0 Å². The summed E-state index contributed by atoms with van der Waals surface area (Å²) in [6.07, 6.45) is 6.25. The molecule has 0 aromatic carbocycles. The first-order valence-corrected chi connectivity index (χ1v) is 8.15. The smallest absolute Gasteiger partial charge is 0.0780 e. The fourth-order valence-electron chi connectivity index (χ4n) is 2.49. The Morgan fingerprint density at radius 3 is 2.33 bits per heavy atom. The second-order valence-electron chi connectivity index (χ2n) is 5.12. The van der Waals surface area contributed by atoms with Gasteiger partial charge in [-0.15, -0.1) is 0 Å². The molecule has 1 saturated carbocycles. The van der Waals surface area contributed by atoms with Crippen molar-refractivity contribution in [2.75, 3.05) is 38.9 Å². The van der Waals surface area contributed by atoms with Crippen molar-refractivity contribution in [2.24, 2.45) is 5.92 Å². The van der Waals surface area contributed by atoms with Gasteiger partial charge < -0.3 is 14.2 Å². The summed E-state index contributed by atoms with van der Waals surface area (Å²) in [5, 5.41) is 0.939. The molecule has 1 aliphatic carbocycles. The largest absolute Gasteiger partial charge is 0.382 e. The molecule has 0 aliphatic heterocycles. The lowest BCUT2D eigenvalue weighted by Crippen LogP contribution is -2.39. The van der Waals surface area contributed by atoms with Crippen LogP contribution in [0.4, 0.5) is 0 Å². The van der Waals surface area contributed by atoms with Gasteiger partial charge in [0.15, 0.2) is 0 Å². The van der Waals surface area contributed by atoms with E-state index < -0.39 is 0 Å². The zero-order valence-corrected chi connectivity index (χ0v) is 13.3. The van der Waals surface area contributed by atoms with Gasteiger partial charge in [0.25, 0.3) is 0 Å². The van der Waals surface area contributed by atoms with Crippen molar-refractivity contribution in [3.63, 3.8) is 0 Å². The normalized spacial score (nSPS) is 28.5. The van der Waals surface area contributed by atoms with E-state index in [1.54, 1.807) is 7.11 Å². The minimum absolute atomic E-state index is 0.0519. The highest BCUT2D eigenvalue weighted by atomic mass is 79.9. The third kappa shape index (κ3) is 5.55. The van der Waals surface area contributed by atoms with Gasteiger partial charge in [-0.3, -0.25) is 0 Å². The van der Waals surface area contributed by atoms with E-state index in [1.807, 2.05) is 0 Å². The number of methoxy groups -OCH3 is 1. The monoisotopic (exact) mass is 322 g/mol. The van der Waals surface area contributed by atoms with Crippen LogP contribution in [0.3, 0.4) is 0 Å². The predicted octanol–water partition coefficient (Wildman–Crippen LogP) is 3.40. The quantitative estimate of drug-likeness (QED) is 0.481. The number of alkyl halides is 1. The van der Waals surface area contributed by atoms with E-state index in [2.05, 4.69) is 22.9 Å². The second kappa shape index (κ2) is 9.29. The van der Waals surface area contributed by atoms with Crippen LogP contribution in [-0.2, 0) is 14.2 Å². The molecule has 0 aromatic rings. The summed E-state index contributed by atoms with van der Waals surface area (Å²) in [4.78, 5) is 0. The van der Waals surface area contributed by atoms with Crippen molar-refractivity contribution in [1.29, 1.82) is 0 Å². The van der Waals surface area contributed by atoms with Gasteiger partial charge in [0, 0.05) is 12.4 Å². The molecular formula is C14H27BrO3. The average molecular weight is 323 g/mol. The van der Waals surface area contributed by atoms with Crippen LogP contribution < -0.4 is 0 Å². The van der Waals surface area contributed by atoms with Gasteiger partial charge in [-0.25, -0.2) is 0 Å². The molecule has 0 N–H and O–H groups in total. The third-order valence-electron chi connectivity index (χ3n) is 3.91. The Hall–Kier alpha value is 0.360. The van der Waals surface area contributed by atoms with Crippen molar-refractivity contribution >= 4 is 15.9 Å². The highest BCUT2D eigenvalue weighted by Gasteiger charge is 2.34. The molecule has 1 rings (SSSR count). The molecule has 0 amide bonds. The number of rotatable bonds is 9. The minimum atomic E-state index is 0.0519. The van der Waals surface area contributed by atoms with Crippen LogP contribution in [0.15, 0.2) is 0 Å². The maximum atomic E-state index is 6.08. The lowest BCUT2D eigenvalue weighted by molar-refractivity contribution is -0.0811. The minimum Gasteiger partial charge on any atom is -0.382 e. The summed E-state index contributed by atoms with van der Waals surface area (Å²) in [5.41, 5.74) is 0.0519. The first-order valence-electron chi connectivity index (χ1n) is 7.03. The van der Waals surface area contributed by atoms with E-state index in [4.69, 9.17) is 14.2 Å². The standard InChI is InChI=1S/C14H27BrO3/c1-3-13-4-6-14(12-15,7-5-13)18-11-10-17-9-8-16-2/h13H,3-12H2,1-2H3. The van der Waals surface area contributed by atoms with Crippen molar-refractivity contribution < 1.29 is 14.2 Å². The predicted molar refractivity (Wildman–Crippen MR) is 77.4 cm³/mol. The average Bonchev–Trinajstić information content (AvgIpc) is 2.43. The van der Waals surface area contributed by atoms with E-state index in [-0.39, 0.29) is 5.60 Å². The molecule has 0 saturated heterocycles. The van der Waals surface area contributed by atoms with Crippen LogP contribution in [0.25, 0.3) is 0 Å². The van der Waals surface area contributed by atoms with E-state index in [1.165, 1.54) is 32.1 Å². The molecule has 0 radical (unpaired) electrons. The van der Waals surface area contributed by atoms with Crippen molar-refractivity contribution in [2.45, 2.75) is 44.6 Å². The van der Waals surface area contributed by atoms with Gasteiger partial charge in [0.1, 0.15) is 0 Å². The zero-order chi connectivity index (χ0) is 13.3. The van der Waals surface area contributed by atoms with Gasteiger partial charge >= 0.3 is 0 Å². The molecular weight excluding hydrogens is 296 g/mol. The van der Waals surface area contributed by atoms with Gasteiger partial charge in [0.2, 0.25) is 0 Å². The maximum absolute atomic E-state index is 6.08. The topological polar surface area (TPSA) is 27.7 Å². The summed E-state index contributed by atoms with van der Waals surface area (Å²) in [6.45, 7) is 4.94. The van der Waals surface area contributed by atoms with Crippen LogP contribution in [-0.4, -0.2) is 44.5 Å². The van der Waals surface area contributed by atoms with Gasteiger partial charge in [0.05, 0.1) is 32.0 Å². The lowest BCUT2D eigenvalue weighted by atomic mass is 9.79. The number of halogens is 1. The fraction of sp³-hybridized carbons (Fsp3) is 1.00. The van der Waals surface area contributed by atoms with E-state index in [9.17, 15) is 0 Å². The molecule has 0 spiro atoms. The van der Waals surface area contributed by atoms with Gasteiger partial charge in [-0.05, 0) is 31.6 Å². The summed E-state index contributed by atoms with van der Waals surface area (Å²) in [5.74, 6) is 0.902. The Labute approximate surface area is 120 Å². The Morgan fingerprint density at radius 2 is 1.78 bits per heavy atom. The number of hydrogen-bond donors (Lipinski definition) is 0. The molecule has 0 bridgehead atoms. The molecule has 4 heteroatoms. The van der Waals surface area contributed by atoms with Gasteiger partial charge in [-0.2, -0.15) is 0 Å². The Kier molecular flexibility index (Phi) is 8.47. The molecule has 0 unspecified atom stereocenters. The molecule has 0 aromatic heterocycles. The van der Waals surface area contributed by atoms with Crippen LogP contribution >= 0.6 is 15.9 Å². The van der Waals surface area contributed by atoms with E-state index in [0.717, 1.165) is 11.2 Å². The molecule has 18 heavy (non-hydrogen) atoms. The number of hydrogen-bond acceptors (Lipinski definition) is 3. The van der Waals surface area contributed by atoms with Crippen LogP contribution in [0.1, 0.15) is 39.0 Å². The maximum Gasteiger partial charge on any atom is 0.0780 e. The highest BCUT2D eigenvalue weighted by molar-refractivity contribution is 9.09. The molecule has 3 nitrogen and oxygen atoms in total.